The minimum Gasteiger partial charge on any atom is -0.389 e. The Hall–Kier alpha value is -0.730. The summed E-state index contributed by atoms with van der Waals surface area (Å²) in [5, 5.41) is 0.104. The molecule has 0 radical (unpaired) electrons. The second-order valence-electron chi connectivity index (χ2n) is 4.94. The molecule has 1 heterocycles. The molecule has 8 heteroatoms. The van der Waals surface area contributed by atoms with Crippen LogP contribution >= 0.6 is 23.8 Å². The standard InChI is InChI=1S/C13H17ClN2O3S2/c14-11-6-10(13(15)20)3-4-12(11)21(17,18)16-7-9-2-1-5-19-8-9/h3-4,6,9,16H,1-2,5,7-8H2,(H2,15,20). The van der Waals surface area contributed by atoms with E-state index in [1.807, 2.05) is 0 Å². The van der Waals surface area contributed by atoms with Crippen LogP contribution in [0.15, 0.2) is 23.1 Å². The molecule has 0 spiro atoms. The molecule has 0 aromatic heterocycles. The predicted molar refractivity (Wildman–Crippen MR) is 86.1 cm³/mol. The van der Waals surface area contributed by atoms with Crippen molar-refractivity contribution < 1.29 is 13.2 Å². The molecule has 0 aliphatic carbocycles. The van der Waals surface area contributed by atoms with Crippen molar-refractivity contribution in [3.05, 3.63) is 28.8 Å². The van der Waals surface area contributed by atoms with E-state index in [0.717, 1.165) is 19.4 Å². The summed E-state index contributed by atoms with van der Waals surface area (Å²) in [5.41, 5.74) is 6.03. The molecule has 1 aliphatic heterocycles. The first kappa shape index (κ1) is 16.6. The van der Waals surface area contributed by atoms with E-state index >= 15 is 0 Å². The Labute approximate surface area is 134 Å². The van der Waals surface area contributed by atoms with E-state index < -0.39 is 10.0 Å². The fourth-order valence-corrected chi connectivity index (χ4v) is 3.93. The van der Waals surface area contributed by atoms with Gasteiger partial charge in [-0.1, -0.05) is 29.9 Å². The van der Waals surface area contributed by atoms with Gasteiger partial charge in [-0.05, 0) is 30.9 Å². The van der Waals surface area contributed by atoms with E-state index in [9.17, 15) is 8.42 Å². The minimum atomic E-state index is -3.65. The normalized spacial score (nSPS) is 19.4. The van der Waals surface area contributed by atoms with Crippen LogP contribution < -0.4 is 10.5 Å². The SMILES string of the molecule is NC(=S)c1ccc(S(=O)(=O)NCC2CCCOC2)c(Cl)c1. The van der Waals surface area contributed by atoms with Crippen molar-refractivity contribution in [3.63, 3.8) is 0 Å². The van der Waals surface area contributed by atoms with Gasteiger partial charge in [0.05, 0.1) is 11.6 Å². The molecule has 1 atom stereocenters. The lowest BCUT2D eigenvalue weighted by atomic mass is 10.0. The van der Waals surface area contributed by atoms with Crippen molar-refractivity contribution in [1.29, 1.82) is 0 Å². The van der Waals surface area contributed by atoms with E-state index in [4.69, 9.17) is 34.3 Å². The molecule has 116 valence electrons. The van der Waals surface area contributed by atoms with Gasteiger partial charge in [0.1, 0.15) is 9.88 Å². The largest absolute Gasteiger partial charge is 0.389 e. The monoisotopic (exact) mass is 348 g/mol. The van der Waals surface area contributed by atoms with E-state index in [2.05, 4.69) is 4.72 Å². The number of benzene rings is 1. The van der Waals surface area contributed by atoms with Crippen molar-refractivity contribution >= 4 is 38.8 Å². The van der Waals surface area contributed by atoms with Crippen LogP contribution in [-0.2, 0) is 14.8 Å². The molecule has 0 saturated carbocycles. The number of hydrogen-bond donors (Lipinski definition) is 2. The zero-order valence-corrected chi connectivity index (χ0v) is 13.7. The summed E-state index contributed by atoms with van der Waals surface area (Å²) in [6, 6.07) is 4.42. The molecule has 1 aliphatic rings. The zero-order chi connectivity index (χ0) is 15.5. The van der Waals surface area contributed by atoms with Gasteiger partial charge in [0.2, 0.25) is 10.0 Å². The third-order valence-corrected chi connectivity index (χ3v) is 5.46. The summed E-state index contributed by atoms with van der Waals surface area (Å²) in [6.45, 7) is 1.67. The number of nitrogens with one attached hydrogen (secondary N) is 1. The third kappa shape index (κ3) is 4.37. The summed E-state index contributed by atoms with van der Waals surface area (Å²) in [4.78, 5) is 0.203. The highest BCUT2D eigenvalue weighted by molar-refractivity contribution is 7.89. The zero-order valence-electron chi connectivity index (χ0n) is 11.3. The van der Waals surface area contributed by atoms with Gasteiger partial charge in [-0.3, -0.25) is 0 Å². The lowest BCUT2D eigenvalue weighted by Gasteiger charge is -2.22. The van der Waals surface area contributed by atoms with Crippen molar-refractivity contribution in [2.24, 2.45) is 11.7 Å². The molecule has 1 unspecified atom stereocenters. The molecule has 0 amide bonds. The van der Waals surface area contributed by atoms with Crippen LogP contribution in [0, 0.1) is 5.92 Å². The first-order valence-electron chi connectivity index (χ1n) is 6.57. The molecular weight excluding hydrogens is 332 g/mol. The molecular formula is C13H17ClN2O3S2. The minimum absolute atomic E-state index is 0.0286. The Bertz CT molecular complexity index is 628. The van der Waals surface area contributed by atoms with Crippen LogP contribution in [0.2, 0.25) is 5.02 Å². The van der Waals surface area contributed by atoms with E-state index in [1.165, 1.54) is 12.1 Å². The van der Waals surface area contributed by atoms with Gasteiger partial charge < -0.3 is 10.5 Å². The van der Waals surface area contributed by atoms with Crippen LogP contribution in [0.1, 0.15) is 18.4 Å². The van der Waals surface area contributed by atoms with Gasteiger partial charge in [0.15, 0.2) is 0 Å². The fraction of sp³-hybridized carbons (Fsp3) is 0.462. The highest BCUT2D eigenvalue weighted by Gasteiger charge is 2.21. The number of thiocarbonyl (C=S) groups is 1. The number of rotatable bonds is 5. The summed E-state index contributed by atoms with van der Waals surface area (Å²) in [6.07, 6.45) is 1.91. The number of sulfonamides is 1. The molecule has 5 nitrogen and oxygen atoms in total. The van der Waals surface area contributed by atoms with Crippen LogP contribution in [0.3, 0.4) is 0 Å². The van der Waals surface area contributed by atoms with Gasteiger partial charge in [-0.15, -0.1) is 0 Å². The molecule has 1 fully saturated rings. The Morgan fingerprint density at radius 2 is 2.29 bits per heavy atom. The number of ether oxygens (including phenoxy) is 1. The van der Waals surface area contributed by atoms with Gasteiger partial charge in [0, 0.05) is 18.7 Å². The molecule has 21 heavy (non-hydrogen) atoms. The maximum Gasteiger partial charge on any atom is 0.242 e. The van der Waals surface area contributed by atoms with E-state index in [1.54, 1.807) is 6.07 Å². The average Bonchev–Trinajstić information content (AvgIpc) is 2.46. The number of hydrogen-bond acceptors (Lipinski definition) is 4. The molecule has 2 rings (SSSR count). The van der Waals surface area contributed by atoms with Crippen LogP contribution in [0.5, 0.6) is 0 Å². The van der Waals surface area contributed by atoms with Gasteiger partial charge >= 0.3 is 0 Å². The van der Waals surface area contributed by atoms with Crippen LogP contribution in [-0.4, -0.2) is 33.2 Å². The van der Waals surface area contributed by atoms with Gasteiger partial charge in [0.25, 0.3) is 0 Å². The first-order valence-corrected chi connectivity index (χ1v) is 8.84. The maximum absolute atomic E-state index is 12.3. The average molecular weight is 349 g/mol. The maximum atomic E-state index is 12.3. The van der Waals surface area contributed by atoms with Crippen molar-refractivity contribution in [3.8, 4) is 0 Å². The summed E-state index contributed by atoms with van der Waals surface area (Å²) in [7, 11) is -3.65. The molecule has 1 aromatic carbocycles. The number of halogens is 1. The molecule has 1 saturated heterocycles. The summed E-state index contributed by atoms with van der Waals surface area (Å²) in [5.74, 6) is 0.197. The van der Waals surface area contributed by atoms with Crippen molar-refractivity contribution in [1.82, 2.24) is 4.72 Å². The Morgan fingerprint density at radius 1 is 1.52 bits per heavy atom. The predicted octanol–water partition coefficient (Wildman–Crippen LogP) is 1.68. The second kappa shape index (κ2) is 7.02. The number of nitrogens with two attached hydrogens (primary N) is 1. The molecule has 3 N–H and O–H groups in total. The molecule has 1 aromatic rings. The first-order chi connectivity index (χ1) is 9.90. The molecule has 0 bridgehead atoms. The fourth-order valence-electron chi connectivity index (χ4n) is 2.15. The topological polar surface area (TPSA) is 81.4 Å². The lowest BCUT2D eigenvalue weighted by Crippen LogP contribution is -2.33. The lowest BCUT2D eigenvalue weighted by molar-refractivity contribution is 0.0568. The van der Waals surface area contributed by atoms with Crippen molar-refractivity contribution in [2.45, 2.75) is 17.7 Å². The Morgan fingerprint density at radius 3 is 2.86 bits per heavy atom. The highest BCUT2D eigenvalue weighted by atomic mass is 35.5. The smallest absolute Gasteiger partial charge is 0.242 e. The van der Waals surface area contributed by atoms with Crippen LogP contribution in [0.4, 0.5) is 0 Å². The van der Waals surface area contributed by atoms with E-state index in [0.29, 0.717) is 18.7 Å². The Kier molecular flexibility index (Phi) is 5.56. The summed E-state index contributed by atoms with van der Waals surface area (Å²) < 4.78 is 32.5. The highest BCUT2D eigenvalue weighted by Crippen LogP contribution is 2.23. The second-order valence-corrected chi connectivity index (χ2v) is 7.53. The van der Waals surface area contributed by atoms with Crippen molar-refractivity contribution in [2.75, 3.05) is 19.8 Å². The summed E-state index contributed by atoms with van der Waals surface area (Å²) >= 11 is 10.9. The van der Waals surface area contributed by atoms with E-state index in [-0.39, 0.29) is 20.8 Å². The third-order valence-electron chi connectivity index (χ3n) is 3.32. The van der Waals surface area contributed by atoms with Gasteiger partial charge in [-0.25, -0.2) is 13.1 Å². The Balaban J connectivity index is 2.10. The quantitative estimate of drug-likeness (QED) is 0.791. The van der Waals surface area contributed by atoms with Crippen LogP contribution in [0.25, 0.3) is 0 Å². The van der Waals surface area contributed by atoms with Gasteiger partial charge in [-0.2, -0.15) is 0 Å².